The van der Waals surface area contributed by atoms with Crippen molar-refractivity contribution in [1.82, 2.24) is 0 Å². The smallest absolute Gasteiger partial charge is 0.330 e. The summed E-state index contributed by atoms with van der Waals surface area (Å²) in [5.74, 6) is -3.14. The minimum atomic E-state index is -1.59. The van der Waals surface area contributed by atoms with Crippen LogP contribution in [0.2, 0.25) is 0 Å². The van der Waals surface area contributed by atoms with Crippen molar-refractivity contribution in [2.75, 3.05) is 46.2 Å². The highest BCUT2D eigenvalue weighted by atomic mass is 16.6. The van der Waals surface area contributed by atoms with Crippen LogP contribution in [0.25, 0.3) is 0 Å². The third-order valence-electron chi connectivity index (χ3n) is 4.30. The molecule has 33 heavy (non-hydrogen) atoms. The molecule has 184 valence electrons. The van der Waals surface area contributed by atoms with E-state index < -0.39 is 74.5 Å². The van der Waals surface area contributed by atoms with Crippen molar-refractivity contribution in [3.05, 3.63) is 50.6 Å². The molecule has 2 N–H and O–H groups in total. The predicted molar refractivity (Wildman–Crippen MR) is 115 cm³/mol. The second-order valence-corrected chi connectivity index (χ2v) is 6.85. The van der Waals surface area contributed by atoms with E-state index in [1.807, 2.05) is 0 Å². The first-order valence-electron chi connectivity index (χ1n) is 9.68. The average molecular weight is 470 g/mol. The monoisotopic (exact) mass is 470 g/mol. The molecule has 0 aromatic rings. The van der Waals surface area contributed by atoms with Crippen LogP contribution in [-0.2, 0) is 42.9 Å². The van der Waals surface area contributed by atoms with Crippen LogP contribution in [0.4, 0.5) is 0 Å². The molecule has 0 unspecified atom stereocenters. The van der Waals surface area contributed by atoms with E-state index in [-0.39, 0.29) is 13.0 Å². The van der Waals surface area contributed by atoms with Crippen molar-refractivity contribution >= 4 is 23.9 Å². The molecule has 0 spiro atoms. The Hall–Kier alpha value is -3.28. The number of rotatable bonds is 18. The van der Waals surface area contributed by atoms with E-state index >= 15 is 0 Å². The van der Waals surface area contributed by atoms with Crippen LogP contribution in [0, 0.1) is 5.41 Å². The fourth-order valence-electron chi connectivity index (χ4n) is 2.12. The summed E-state index contributed by atoms with van der Waals surface area (Å²) in [6.45, 7) is 9.72. The molecule has 0 aliphatic rings. The van der Waals surface area contributed by atoms with Crippen molar-refractivity contribution in [2.24, 2.45) is 5.41 Å². The number of carbonyl (C=O) groups is 4. The zero-order valence-electron chi connectivity index (χ0n) is 18.4. The molecule has 0 aromatic carbocycles. The van der Waals surface area contributed by atoms with Gasteiger partial charge in [-0.2, -0.15) is 0 Å². The van der Waals surface area contributed by atoms with Crippen molar-refractivity contribution in [3.8, 4) is 0 Å². The summed E-state index contributed by atoms with van der Waals surface area (Å²) >= 11 is 0. The van der Waals surface area contributed by atoms with Gasteiger partial charge in [-0.3, -0.25) is 0 Å². The summed E-state index contributed by atoms with van der Waals surface area (Å²) in [6, 6.07) is 0. The van der Waals surface area contributed by atoms with E-state index in [2.05, 4.69) is 26.3 Å². The molecule has 11 nitrogen and oxygen atoms in total. The Bertz CT molecular complexity index is 698. The van der Waals surface area contributed by atoms with Crippen LogP contribution >= 0.6 is 0 Å². The second kappa shape index (κ2) is 15.5. The summed E-state index contributed by atoms with van der Waals surface area (Å²) in [5.41, 5.74) is -3.05. The number of carbonyl (C=O) groups excluding carboxylic acids is 4. The number of esters is 4. The minimum Gasteiger partial charge on any atom is -0.462 e. The summed E-state index contributed by atoms with van der Waals surface area (Å²) < 4.78 is 25.9. The number of ether oxygens (including phenoxy) is 5. The van der Waals surface area contributed by atoms with Crippen LogP contribution in [0.1, 0.15) is 6.42 Å². The Kier molecular flexibility index (Phi) is 14.0. The van der Waals surface area contributed by atoms with Crippen molar-refractivity contribution in [3.63, 3.8) is 0 Å². The van der Waals surface area contributed by atoms with Gasteiger partial charge in [-0.25, -0.2) is 19.2 Å². The quantitative estimate of drug-likeness (QED) is 0.158. The lowest BCUT2D eigenvalue weighted by Gasteiger charge is -2.37. The Morgan fingerprint density at radius 2 is 1.03 bits per heavy atom. The van der Waals surface area contributed by atoms with Gasteiger partial charge in [0.25, 0.3) is 0 Å². The molecule has 0 amide bonds. The Morgan fingerprint density at radius 1 is 0.636 bits per heavy atom. The maximum absolute atomic E-state index is 11.6. The molecule has 0 aromatic heterocycles. The minimum absolute atomic E-state index is 0.138. The van der Waals surface area contributed by atoms with Gasteiger partial charge in [0.2, 0.25) is 0 Å². The Labute approximate surface area is 191 Å². The lowest BCUT2D eigenvalue weighted by molar-refractivity contribution is -0.189. The molecule has 0 heterocycles. The molecule has 0 saturated carbocycles. The number of hydrogen-bond acceptors (Lipinski definition) is 11. The van der Waals surface area contributed by atoms with Gasteiger partial charge in [0, 0.05) is 30.7 Å². The van der Waals surface area contributed by atoms with Gasteiger partial charge in [-0.1, -0.05) is 26.3 Å². The summed E-state index contributed by atoms with van der Waals surface area (Å²) in [6.07, 6.45) is 3.51. The highest BCUT2D eigenvalue weighted by molar-refractivity contribution is 5.82. The number of hydrogen-bond donors (Lipinski definition) is 2. The normalized spacial score (nSPS) is 11.0. The lowest BCUT2D eigenvalue weighted by Crippen LogP contribution is -2.50. The van der Waals surface area contributed by atoms with Gasteiger partial charge in [-0.05, 0) is 0 Å². The molecule has 0 saturated heterocycles. The van der Waals surface area contributed by atoms with Gasteiger partial charge in [-0.15, -0.1) is 0 Å². The molecular formula is C22H30O11. The third kappa shape index (κ3) is 11.2. The molecule has 0 fully saturated rings. The third-order valence-corrected chi connectivity index (χ3v) is 4.30. The number of aliphatic hydroxyl groups is 2. The second-order valence-electron chi connectivity index (χ2n) is 6.85. The lowest BCUT2D eigenvalue weighted by atomic mass is 9.91. The molecule has 0 radical (unpaired) electrons. The fourth-order valence-corrected chi connectivity index (χ4v) is 2.12. The molecule has 11 heteroatoms. The van der Waals surface area contributed by atoms with Gasteiger partial charge in [0.15, 0.2) is 0 Å². The fraction of sp³-hybridized carbons (Fsp3) is 0.455. The Morgan fingerprint density at radius 3 is 1.42 bits per heavy atom. The highest BCUT2D eigenvalue weighted by Gasteiger charge is 2.40. The zero-order chi connectivity index (χ0) is 25.3. The van der Waals surface area contributed by atoms with Gasteiger partial charge in [0.05, 0.1) is 31.8 Å². The molecule has 0 bridgehead atoms. The van der Waals surface area contributed by atoms with E-state index in [0.29, 0.717) is 0 Å². The standard InChI is InChI=1S/C22H30O11/c1-5-17(25)29-10-9-22(15-31-19(27)7-3,16-32-20(28)8-4)33-14-21(11-23,12-24)13-30-18(26)6-2/h5-8,23-24H,1-4,9-16H2. The first-order chi connectivity index (χ1) is 15.6. The largest absolute Gasteiger partial charge is 0.462 e. The summed E-state index contributed by atoms with van der Waals surface area (Å²) in [5, 5.41) is 19.6. The Balaban J connectivity index is 5.81. The van der Waals surface area contributed by atoms with Crippen LogP contribution in [0.5, 0.6) is 0 Å². The van der Waals surface area contributed by atoms with E-state index in [9.17, 15) is 29.4 Å². The van der Waals surface area contributed by atoms with E-state index in [1.165, 1.54) is 0 Å². The van der Waals surface area contributed by atoms with E-state index in [0.717, 1.165) is 24.3 Å². The van der Waals surface area contributed by atoms with Crippen molar-refractivity contribution < 1.29 is 53.1 Å². The van der Waals surface area contributed by atoms with E-state index in [1.54, 1.807) is 0 Å². The molecule has 0 aliphatic carbocycles. The van der Waals surface area contributed by atoms with E-state index in [4.69, 9.17) is 23.7 Å². The topological polar surface area (TPSA) is 155 Å². The van der Waals surface area contributed by atoms with Crippen LogP contribution in [0.15, 0.2) is 50.6 Å². The molecule has 0 aliphatic heterocycles. The average Bonchev–Trinajstić information content (AvgIpc) is 2.85. The first kappa shape index (κ1) is 29.7. The summed E-state index contributed by atoms with van der Waals surface area (Å²) in [4.78, 5) is 46.1. The SMILES string of the molecule is C=CC(=O)OCCC(COC(=O)C=C)(COC(=O)C=C)OCC(CO)(CO)COC(=O)C=C. The first-order valence-corrected chi connectivity index (χ1v) is 9.68. The van der Waals surface area contributed by atoms with Crippen LogP contribution in [-0.4, -0.2) is 85.9 Å². The number of aliphatic hydroxyl groups excluding tert-OH is 2. The van der Waals surface area contributed by atoms with Crippen molar-refractivity contribution in [2.45, 2.75) is 12.0 Å². The highest BCUT2D eigenvalue weighted by Crippen LogP contribution is 2.25. The molecule has 0 atom stereocenters. The molecule has 0 rings (SSSR count). The van der Waals surface area contributed by atoms with Crippen LogP contribution in [0.3, 0.4) is 0 Å². The maximum Gasteiger partial charge on any atom is 0.330 e. The van der Waals surface area contributed by atoms with Crippen LogP contribution < -0.4 is 0 Å². The zero-order valence-corrected chi connectivity index (χ0v) is 18.4. The molecular weight excluding hydrogens is 440 g/mol. The predicted octanol–water partition coefficient (Wildman–Crippen LogP) is 0.0197. The van der Waals surface area contributed by atoms with Gasteiger partial charge >= 0.3 is 23.9 Å². The maximum atomic E-state index is 11.6. The summed E-state index contributed by atoms with van der Waals surface area (Å²) in [7, 11) is 0. The van der Waals surface area contributed by atoms with Gasteiger partial charge in [0.1, 0.15) is 25.4 Å². The van der Waals surface area contributed by atoms with Crippen molar-refractivity contribution in [1.29, 1.82) is 0 Å². The van der Waals surface area contributed by atoms with Gasteiger partial charge < -0.3 is 33.9 Å².